The predicted molar refractivity (Wildman–Crippen MR) is 50.1 cm³/mol. The Labute approximate surface area is 81.1 Å². The summed E-state index contributed by atoms with van der Waals surface area (Å²) >= 11 is 0. The maximum atomic E-state index is 12.7. The van der Waals surface area contributed by atoms with Crippen molar-refractivity contribution in [1.82, 2.24) is 0 Å². The van der Waals surface area contributed by atoms with Crippen molar-refractivity contribution in [2.24, 2.45) is 0 Å². The Morgan fingerprint density at radius 3 is 2.50 bits per heavy atom. The van der Waals surface area contributed by atoms with Gasteiger partial charge >= 0.3 is 0 Å². The first-order valence-electron chi connectivity index (χ1n) is 4.13. The maximum Gasteiger partial charge on any atom is 0.166 e. The van der Waals surface area contributed by atoms with Crippen LogP contribution in [-0.2, 0) is 0 Å². The van der Waals surface area contributed by atoms with Crippen molar-refractivity contribution in [3.05, 3.63) is 47.5 Å². The molecule has 0 saturated carbocycles. The highest BCUT2D eigenvalue weighted by atomic mass is 19.2. The van der Waals surface area contributed by atoms with Crippen LogP contribution in [0.2, 0.25) is 0 Å². The van der Waals surface area contributed by atoms with Gasteiger partial charge in [0.2, 0.25) is 0 Å². The number of Topliss-reactive ketones (excluding diaryl/α,β-unsaturated/α-hetero) is 1. The normalized spacial score (nSPS) is 9.93. The molecule has 0 unspecified atom stereocenters. The molecule has 0 radical (unpaired) electrons. The lowest BCUT2D eigenvalue weighted by Gasteiger charge is -2.00. The first-order valence-corrected chi connectivity index (χ1v) is 4.13. The molecule has 0 aromatic heterocycles. The highest BCUT2D eigenvalue weighted by Crippen LogP contribution is 2.12. The molecule has 0 N–H and O–H groups in total. The van der Waals surface area contributed by atoms with Crippen LogP contribution in [0.15, 0.2) is 30.4 Å². The van der Waals surface area contributed by atoms with Gasteiger partial charge in [0.25, 0.3) is 0 Å². The molecule has 0 heterocycles. The van der Waals surface area contributed by atoms with Gasteiger partial charge < -0.3 is 0 Å². The van der Waals surface area contributed by atoms with Crippen LogP contribution in [0.4, 0.5) is 8.78 Å². The molecule has 0 atom stereocenters. The van der Waals surface area contributed by atoms with E-state index in [2.05, 4.69) is 6.58 Å². The highest BCUT2D eigenvalue weighted by Gasteiger charge is 2.09. The molecular weight excluding hydrogens is 186 g/mol. The summed E-state index contributed by atoms with van der Waals surface area (Å²) in [6.07, 6.45) is 0.158. The Kier molecular flexibility index (Phi) is 3.12. The molecule has 0 amide bonds. The second kappa shape index (κ2) is 4.13. The fourth-order valence-electron chi connectivity index (χ4n) is 1.05. The van der Waals surface area contributed by atoms with Crippen LogP contribution in [0.1, 0.15) is 23.7 Å². The molecule has 1 aromatic carbocycles. The summed E-state index contributed by atoms with van der Waals surface area (Å²) in [5.74, 6) is -2.20. The molecule has 1 nitrogen and oxygen atoms in total. The Morgan fingerprint density at radius 1 is 1.36 bits per heavy atom. The van der Waals surface area contributed by atoms with E-state index >= 15 is 0 Å². The van der Waals surface area contributed by atoms with E-state index in [1.54, 1.807) is 6.92 Å². The Bertz CT molecular complexity index is 383. The molecule has 0 aliphatic rings. The maximum absolute atomic E-state index is 12.7. The molecule has 0 aliphatic heterocycles. The highest BCUT2D eigenvalue weighted by molar-refractivity contribution is 5.97. The molecule has 0 aliphatic carbocycles. The van der Waals surface area contributed by atoms with Gasteiger partial charge in [-0.25, -0.2) is 8.78 Å². The number of carbonyl (C=O) groups is 1. The quantitative estimate of drug-likeness (QED) is 0.536. The van der Waals surface area contributed by atoms with Crippen molar-refractivity contribution in [2.75, 3.05) is 0 Å². The van der Waals surface area contributed by atoms with E-state index in [0.717, 1.165) is 12.1 Å². The average Bonchev–Trinajstić information content (AvgIpc) is 2.08. The summed E-state index contributed by atoms with van der Waals surface area (Å²) in [4.78, 5) is 11.4. The van der Waals surface area contributed by atoms with Gasteiger partial charge in [0, 0.05) is 12.0 Å². The van der Waals surface area contributed by atoms with Crippen LogP contribution < -0.4 is 0 Å². The average molecular weight is 196 g/mol. The third kappa shape index (κ3) is 2.49. The number of rotatable bonds is 3. The van der Waals surface area contributed by atoms with E-state index in [4.69, 9.17) is 0 Å². The summed E-state index contributed by atoms with van der Waals surface area (Å²) in [7, 11) is 0. The monoisotopic (exact) mass is 196 g/mol. The smallest absolute Gasteiger partial charge is 0.166 e. The minimum Gasteiger partial charge on any atom is -0.294 e. The topological polar surface area (TPSA) is 17.1 Å². The first-order chi connectivity index (χ1) is 6.50. The number of carbonyl (C=O) groups excluding carboxylic acids is 1. The van der Waals surface area contributed by atoms with Crippen LogP contribution >= 0.6 is 0 Å². The van der Waals surface area contributed by atoms with Gasteiger partial charge in [-0.15, -0.1) is 0 Å². The van der Waals surface area contributed by atoms with Crippen LogP contribution in [0.25, 0.3) is 0 Å². The fourth-order valence-corrected chi connectivity index (χ4v) is 1.05. The second-order valence-corrected chi connectivity index (χ2v) is 3.19. The molecule has 0 fully saturated rings. The molecule has 1 rings (SSSR count). The summed E-state index contributed by atoms with van der Waals surface area (Å²) < 4.78 is 25.2. The largest absolute Gasteiger partial charge is 0.294 e. The van der Waals surface area contributed by atoms with Gasteiger partial charge in [-0.2, -0.15) is 0 Å². The van der Waals surface area contributed by atoms with Crippen LogP contribution in [-0.4, -0.2) is 5.78 Å². The fraction of sp³-hybridized carbons (Fsp3) is 0.182. The first kappa shape index (κ1) is 10.6. The number of hydrogen-bond donors (Lipinski definition) is 0. The third-order valence-corrected chi connectivity index (χ3v) is 1.70. The van der Waals surface area contributed by atoms with Crippen LogP contribution in [0.5, 0.6) is 0 Å². The minimum atomic E-state index is -1.00. The zero-order valence-corrected chi connectivity index (χ0v) is 7.81. The number of halogens is 2. The number of allylic oxidation sites excluding steroid dienone is 1. The molecule has 0 bridgehead atoms. The number of benzene rings is 1. The van der Waals surface area contributed by atoms with Crippen molar-refractivity contribution in [3.63, 3.8) is 0 Å². The summed E-state index contributed by atoms with van der Waals surface area (Å²) in [6, 6.07) is 3.12. The standard InChI is InChI=1S/C11H10F2O/c1-7(2)5-11(14)8-3-4-9(12)10(13)6-8/h3-4,6H,1,5H2,2H3. The van der Waals surface area contributed by atoms with Gasteiger partial charge in [0.15, 0.2) is 17.4 Å². The Hall–Kier alpha value is -1.51. The Balaban J connectivity index is 2.91. The van der Waals surface area contributed by atoms with E-state index < -0.39 is 11.6 Å². The predicted octanol–water partition coefficient (Wildman–Crippen LogP) is 3.11. The lowest BCUT2D eigenvalue weighted by Crippen LogP contribution is -2.00. The molecular formula is C11H10F2O. The van der Waals surface area contributed by atoms with Crippen molar-refractivity contribution in [1.29, 1.82) is 0 Å². The zero-order chi connectivity index (χ0) is 10.7. The summed E-state index contributed by atoms with van der Waals surface area (Å²) in [5, 5.41) is 0. The van der Waals surface area contributed by atoms with Crippen molar-refractivity contribution < 1.29 is 13.6 Å². The van der Waals surface area contributed by atoms with Gasteiger partial charge in [0.05, 0.1) is 0 Å². The lowest BCUT2D eigenvalue weighted by molar-refractivity contribution is 0.0992. The number of hydrogen-bond acceptors (Lipinski definition) is 1. The van der Waals surface area contributed by atoms with E-state index in [9.17, 15) is 13.6 Å². The van der Waals surface area contributed by atoms with Crippen LogP contribution in [0, 0.1) is 11.6 Å². The van der Waals surface area contributed by atoms with Gasteiger partial charge in [-0.3, -0.25) is 4.79 Å². The molecule has 3 heteroatoms. The summed E-state index contributed by atoms with van der Waals surface area (Å²) in [5.41, 5.74) is 0.867. The van der Waals surface area contributed by atoms with Gasteiger partial charge in [-0.05, 0) is 25.1 Å². The van der Waals surface area contributed by atoms with E-state index in [1.807, 2.05) is 0 Å². The summed E-state index contributed by atoms with van der Waals surface area (Å²) in [6.45, 7) is 5.28. The minimum absolute atomic E-state index is 0.158. The zero-order valence-electron chi connectivity index (χ0n) is 7.81. The second-order valence-electron chi connectivity index (χ2n) is 3.19. The molecule has 0 spiro atoms. The van der Waals surface area contributed by atoms with Gasteiger partial charge in [-0.1, -0.05) is 12.2 Å². The molecule has 74 valence electrons. The van der Waals surface area contributed by atoms with Crippen LogP contribution in [0.3, 0.4) is 0 Å². The number of ketones is 1. The molecule has 14 heavy (non-hydrogen) atoms. The van der Waals surface area contributed by atoms with E-state index in [1.165, 1.54) is 6.07 Å². The van der Waals surface area contributed by atoms with Gasteiger partial charge in [0.1, 0.15) is 0 Å². The Morgan fingerprint density at radius 2 is 2.00 bits per heavy atom. The van der Waals surface area contributed by atoms with E-state index in [0.29, 0.717) is 5.57 Å². The molecule has 0 saturated heterocycles. The van der Waals surface area contributed by atoms with Crippen molar-refractivity contribution in [3.8, 4) is 0 Å². The lowest BCUT2D eigenvalue weighted by atomic mass is 10.1. The SMILES string of the molecule is C=C(C)CC(=O)c1ccc(F)c(F)c1. The van der Waals surface area contributed by atoms with Crippen molar-refractivity contribution in [2.45, 2.75) is 13.3 Å². The molecule has 1 aromatic rings. The van der Waals surface area contributed by atoms with E-state index in [-0.39, 0.29) is 17.8 Å². The third-order valence-electron chi connectivity index (χ3n) is 1.70. The van der Waals surface area contributed by atoms with Crippen molar-refractivity contribution >= 4 is 5.78 Å².